The van der Waals surface area contributed by atoms with E-state index < -0.39 is 9.84 Å². The first-order chi connectivity index (χ1) is 10.5. The summed E-state index contributed by atoms with van der Waals surface area (Å²) in [5.41, 5.74) is 1.33. The van der Waals surface area contributed by atoms with Crippen LogP contribution < -0.4 is 5.76 Å². The molecule has 2 fully saturated rings. The molecule has 1 saturated heterocycles. The predicted molar refractivity (Wildman–Crippen MR) is 82.4 cm³/mol. The molecule has 1 aromatic heterocycles. The average molecular weight is 322 g/mol. The van der Waals surface area contributed by atoms with Gasteiger partial charge < -0.3 is 4.42 Å². The molecule has 1 aromatic carbocycles. The number of hydrogen-bond donors (Lipinski definition) is 0. The van der Waals surface area contributed by atoms with E-state index in [2.05, 4.69) is 4.90 Å². The molecule has 1 atom stereocenters. The number of oxazole rings is 1. The summed E-state index contributed by atoms with van der Waals surface area (Å²) in [6, 6.07) is 7.73. The van der Waals surface area contributed by atoms with Crippen LogP contribution in [0.2, 0.25) is 0 Å². The number of aromatic nitrogens is 1. The molecule has 2 heterocycles. The Morgan fingerprint density at radius 3 is 2.64 bits per heavy atom. The number of nitrogens with zero attached hydrogens (tertiary/aromatic N) is 2. The molecule has 4 rings (SSSR count). The van der Waals surface area contributed by atoms with E-state index in [1.165, 1.54) is 0 Å². The third kappa shape index (κ3) is 2.48. The molecular formula is C15H18N2O4S. The van der Waals surface area contributed by atoms with Gasteiger partial charge in [0, 0.05) is 12.1 Å². The minimum absolute atomic E-state index is 0.0121. The maximum Gasteiger partial charge on any atom is 0.421 e. The average Bonchev–Trinajstić information content (AvgIpc) is 3.18. The van der Waals surface area contributed by atoms with E-state index in [0.717, 1.165) is 18.4 Å². The van der Waals surface area contributed by atoms with E-state index in [1.54, 1.807) is 10.6 Å². The summed E-state index contributed by atoms with van der Waals surface area (Å²) in [7, 11) is -2.93. The highest BCUT2D eigenvalue weighted by molar-refractivity contribution is 7.91. The Balaban J connectivity index is 1.67. The summed E-state index contributed by atoms with van der Waals surface area (Å²) in [4.78, 5) is 14.3. The molecule has 0 radical (unpaired) electrons. The van der Waals surface area contributed by atoms with Crippen molar-refractivity contribution in [2.75, 3.05) is 11.5 Å². The zero-order chi connectivity index (χ0) is 15.3. The summed E-state index contributed by atoms with van der Waals surface area (Å²) in [6.45, 7) is 0.403. The van der Waals surface area contributed by atoms with Gasteiger partial charge in [-0.25, -0.2) is 13.2 Å². The van der Waals surface area contributed by atoms with E-state index in [1.807, 2.05) is 18.2 Å². The van der Waals surface area contributed by atoms with Gasteiger partial charge in [-0.2, -0.15) is 0 Å². The predicted octanol–water partition coefficient (Wildman–Crippen LogP) is 1.20. The van der Waals surface area contributed by atoms with Gasteiger partial charge in [0.25, 0.3) is 0 Å². The fourth-order valence-corrected chi connectivity index (χ4v) is 5.03. The lowest BCUT2D eigenvalue weighted by Gasteiger charge is -2.27. The zero-order valence-electron chi connectivity index (χ0n) is 12.1. The molecule has 0 N–H and O–H groups in total. The summed E-state index contributed by atoms with van der Waals surface area (Å²) < 4.78 is 30.4. The van der Waals surface area contributed by atoms with Gasteiger partial charge in [0.2, 0.25) is 0 Å². The Bertz CT molecular complexity index is 863. The molecule has 0 amide bonds. The fraction of sp³-hybridized carbons (Fsp3) is 0.533. The van der Waals surface area contributed by atoms with Crippen molar-refractivity contribution in [3.05, 3.63) is 34.8 Å². The van der Waals surface area contributed by atoms with Crippen molar-refractivity contribution in [3.8, 4) is 0 Å². The van der Waals surface area contributed by atoms with Gasteiger partial charge in [0.1, 0.15) is 0 Å². The van der Waals surface area contributed by atoms with Crippen LogP contribution in [0.5, 0.6) is 0 Å². The van der Waals surface area contributed by atoms with Crippen molar-refractivity contribution >= 4 is 20.9 Å². The van der Waals surface area contributed by atoms with E-state index in [9.17, 15) is 13.2 Å². The van der Waals surface area contributed by atoms with Gasteiger partial charge in [-0.1, -0.05) is 12.1 Å². The van der Waals surface area contributed by atoms with Crippen molar-refractivity contribution in [3.63, 3.8) is 0 Å². The number of benzene rings is 1. The van der Waals surface area contributed by atoms with Crippen LogP contribution in [-0.4, -0.2) is 41.5 Å². The third-order valence-electron chi connectivity index (χ3n) is 4.57. The molecule has 1 aliphatic heterocycles. The van der Waals surface area contributed by atoms with Crippen LogP contribution >= 0.6 is 0 Å². The van der Waals surface area contributed by atoms with Crippen molar-refractivity contribution in [2.24, 2.45) is 0 Å². The molecule has 1 aliphatic carbocycles. The summed E-state index contributed by atoms with van der Waals surface area (Å²) in [6.07, 6.45) is 2.80. The van der Waals surface area contributed by atoms with E-state index in [0.29, 0.717) is 24.7 Å². The highest BCUT2D eigenvalue weighted by Gasteiger charge is 2.40. The number of fused-ring (bicyclic) bond motifs is 1. The van der Waals surface area contributed by atoms with Crippen LogP contribution in [0.4, 0.5) is 0 Å². The quantitative estimate of drug-likeness (QED) is 0.846. The van der Waals surface area contributed by atoms with Gasteiger partial charge in [-0.3, -0.25) is 9.47 Å². The number of sulfone groups is 1. The number of para-hydroxylation sites is 2. The Hall–Kier alpha value is -1.60. The maximum atomic E-state index is 12.1. The Kier molecular flexibility index (Phi) is 3.16. The number of rotatable bonds is 4. The van der Waals surface area contributed by atoms with Crippen LogP contribution in [0.25, 0.3) is 11.1 Å². The smallest absolute Gasteiger partial charge is 0.408 e. The van der Waals surface area contributed by atoms with Crippen molar-refractivity contribution < 1.29 is 12.8 Å². The molecule has 6 nitrogen and oxygen atoms in total. The topological polar surface area (TPSA) is 72.5 Å². The second kappa shape index (κ2) is 4.96. The second-order valence-electron chi connectivity index (χ2n) is 6.21. The van der Waals surface area contributed by atoms with Crippen LogP contribution in [0.15, 0.2) is 33.5 Å². The SMILES string of the molecule is O=c1oc2ccccc2n1CN(C1CC1)C1CCS(=O)(=O)C1. The van der Waals surface area contributed by atoms with Crippen LogP contribution in [-0.2, 0) is 16.5 Å². The van der Waals surface area contributed by atoms with Crippen LogP contribution in [0.3, 0.4) is 0 Å². The first-order valence-electron chi connectivity index (χ1n) is 7.58. The minimum Gasteiger partial charge on any atom is -0.408 e. The first-order valence-corrected chi connectivity index (χ1v) is 9.40. The molecule has 1 unspecified atom stereocenters. The van der Waals surface area contributed by atoms with Gasteiger partial charge in [-0.05, 0) is 31.4 Å². The van der Waals surface area contributed by atoms with E-state index in [-0.39, 0.29) is 23.3 Å². The lowest BCUT2D eigenvalue weighted by atomic mass is 10.2. The highest BCUT2D eigenvalue weighted by Crippen LogP contribution is 2.32. The lowest BCUT2D eigenvalue weighted by Crippen LogP contribution is -2.41. The Labute approximate surface area is 128 Å². The Morgan fingerprint density at radius 2 is 1.95 bits per heavy atom. The van der Waals surface area contributed by atoms with E-state index in [4.69, 9.17) is 4.42 Å². The fourth-order valence-electron chi connectivity index (χ4n) is 3.28. The molecule has 1 saturated carbocycles. The standard InChI is InChI=1S/C15H18N2O4S/c18-15-17(13-3-1-2-4-14(13)21-15)10-16(11-5-6-11)12-7-8-22(19,20)9-12/h1-4,11-12H,5-10H2. The lowest BCUT2D eigenvalue weighted by molar-refractivity contribution is 0.152. The molecule has 0 bridgehead atoms. The number of hydrogen-bond acceptors (Lipinski definition) is 5. The zero-order valence-corrected chi connectivity index (χ0v) is 13.0. The van der Waals surface area contributed by atoms with Gasteiger partial charge >= 0.3 is 5.76 Å². The highest BCUT2D eigenvalue weighted by atomic mass is 32.2. The van der Waals surface area contributed by atoms with Crippen LogP contribution in [0, 0.1) is 0 Å². The van der Waals surface area contributed by atoms with Crippen molar-refractivity contribution in [1.29, 1.82) is 0 Å². The van der Waals surface area contributed by atoms with Crippen LogP contribution in [0.1, 0.15) is 19.3 Å². The largest absolute Gasteiger partial charge is 0.421 e. The molecular weight excluding hydrogens is 304 g/mol. The van der Waals surface area contributed by atoms with Gasteiger partial charge in [0.05, 0.1) is 23.7 Å². The normalized spacial score (nSPS) is 24.3. The van der Waals surface area contributed by atoms with Crippen molar-refractivity contribution in [2.45, 2.75) is 38.0 Å². The third-order valence-corrected chi connectivity index (χ3v) is 6.32. The molecule has 2 aromatic rings. The Morgan fingerprint density at radius 1 is 1.18 bits per heavy atom. The summed E-state index contributed by atoms with van der Waals surface area (Å²) >= 11 is 0. The molecule has 2 aliphatic rings. The minimum atomic E-state index is -2.93. The molecule has 7 heteroatoms. The monoisotopic (exact) mass is 322 g/mol. The van der Waals surface area contributed by atoms with Gasteiger partial charge in [0.15, 0.2) is 15.4 Å². The van der Waals surface area contributed by atoms with E-state index >= 15 is 0 Å². The molecule has 0 spiro atoms. The molecule has 22 heavy (non-hydrogen) atoms. The summed E-state index contributed by atoms with van der Waals surface area (Å²) in [5, 5.41) is 0. The molecule has 118 valence electrons. The maximum absolute atomic E-state index is 12.1. The first kappa shape index (κ1) is 14.0. The summed E-state index contributed by atoms with van der Waals surface area (Å²) in [5.74, 6) is 0.0726. The second-order valence-corrected chi connectivity index (χ2v) is 8.44. The van der Waals surface area contributed by atoms with Gasteiger partial charge in [-0.15, -0.1) is 0 Å². The van der Waals surface area contributed by atoms with Crippen molar-refractivity contribution in [1.82, 2.24) is 9.47 Å².